The minimum Gasteiger partial charge on any atom is -0.426 e. The Hall–Kier alpha value is -1.09. The highest BCUT2D eigenvalue weighted by Crippen LogP contribution is 2.50. The summed E-state index contributed by atoms with van der Waals surface area (Å²) >= 11 is 5.74. The molecule has 1 aromatic carbocycles. The molecule has 2 nitrogen and oxygen atoms in total. The molecular weight excluding hydrogens is 399 g/mol. The number of carbonyl (C=O) groups is 1. The number of rotatable bonds is 5. The first kappa shape index (κ1) is 22.1. The maximum absolute atomic E-state index is 13.7. The molecule has 3 saturated carbocycles. The molecule has 4 heteroatoms. The van der Waals surface area contributed by atoms with Crippen molar-refractivity contribution in [2.75, 3.05) is 0 Å². The van der Waals surface area contributed by atoms with Gasteiger partial charge in [-0.2, -0.15) is 0 Å². The van der Waals surface area contributed by atoms with E-state index in [0.29, 0.717) is 11.8 Å². The highest BCUT2D eigenvalue weighted by Gasteiger charge is 2.43. The molecule has 3 aliphatic rings. The Bertz CT molecular complexity index is 728. The topological polar surface area (TPSA) is 26.3 Å². The van der Waals surface area contributed by atoms with Gasteiger partial charge in [-0.1, -0.05) is 57.0 Å². The summed E-state index contributed by atoms with van der Waals surface area (Å²) < 4.78 is 19.3. The van der Waals surface area contributed by atoms with Crippen molar-refractivity contribution in [3.8, 4) is 5.75 Å². The van der Waals surface area contributed by atoms with Crippen LogP contribution in [0.1, 0.15) is 84.0 Å². The number of hydrogen-bond acceptors (Lipinski definition) is 2. The Morgan fingerprint density at radius 2 is 1.80 bits per heavy atom. The first-order valence-corrected chi connectivity index (χ1v) is 12.6. The zero-order valence-electron chi connectivity index (χ0n) is 18.3. The number of esters is 1. The van der Waals surface area contributed by atoms with Gasteiger partial charge in [0.25, 0.3) is 0 Å². The second-order valence-corrected chi connectivity index (χ2v) is 10.5. The largest absolute Gasteiger partial charge is 0.426 e. The van der Waals surface area contributed by atoms with E-state index in [0.717, 1.165) is 37.0 Å². The molecule has 30 heavy (non-hydrogen) atoms. The average molecular weight is 435 g/mol. The number of ether oxygens (including phenoxy) is 1. The molecule has 4 atom stereocenters. The van der Waals surface area contributed by atoms with E-state index in [9.17, 15) is 9.18 Å². The van der Waals surface area contributed by atoms with Gasteiger partial charge in [-0.3, -0.25) is 4.79 Å². The summed E-state index contributed by atoms with van der Waals surface area (Å²) in [6.45, 7) is 2.31. The second kappa shape index (κ2) is 10.0. The minimum absolute atomic E-state index is 0.0382. The molecule has 4 rings (SSSR count). The van der Waals surface area contributed by atoms with Crippen LogP contribution in [0.15, 0.2) is 18.2 Å². The monoisotopic (exact) mass is 434 g/mol. The van der Waals surface area contributed by atoms with Gasteiger partial charge in [0, 0.05) is 6.07 Å². The fraction of sp³-hybridized carbons (Fsp3) is 0.731. The van der Waals surface area contributed by atoms with E-state index in [2.05, 4.69) is 6.92 Å². The first-order valence-electron chi connectivity index (χ1n) is 12.2. The van der Waals surface area contributed by atoms with E-state index in [1.54, 1.807) is 6.07 Å². The Balaban J connectivity index is 1.33. The van der Waals surface area contributed by atoms with Crippen molar-refractivity contribution in [3.63, 3.8) is 0 Å². The molecule has 0 spiro atoms. The van der Waals surface area contributed by atoms with Gasteiger partial charge in [-0.15, -0.1) is 0 Å². The Kier molecular flexibility index (Phi) is 7.39. The van der Waals surface area contributed by atoms with Crippen LogP contribution in [-0.2, 0) is 4.79 Å². The van der Waals surface area contributed by atoms with E-state index in [-0.39, 0.29) is 22.7 Å². The predicted molar refractivity (Wildman–Crippen MR) is 119 cm³/mol. The minimum atomic E-state index is -0.544. The maximum Gasteiger partial charge on any atom is 0.314 e. The summed E-state index contributed by atoms with van der Waals surface area (Å²) in [5.74, 6) is 3.33. The van der Waals surface area contributed by atoms with Crippen molar-refractivity contribution in [2.45, 2.75) is 84.0 Å². The van der Waals surface area contributed by atoms with Gasteiger partial charge in [-0.05, 0) is 80.2 Å². The van der Waals surface area contributed by atoms with Crippen molar-refractivity contribution in [1.29, 1.82) is 0 Å². The lowest BCUT2D eigenvalue weighted by atomic mass is 9.59. The number of benzene rings is 1. The van der Waals surface area contributed by atoms with Crippen LogP contribution in [0.4, 0.5) is 4.39 Å². The molecule has 0 bridgehead atoms. The third kappa shape index (κ3) is 5.03. The molecule has 0 aromatic heterocycles. The maximum atomic E-state index is 13.7. The van der Waals surface area contributed by atoms with Crippen molar-refractivity contribution < 1.29 is 13.9 Å². The smallest absolute Gasteiger partial charge is 0.314 e. The summed E-state index contributed by atoms with van der Waals surface area (Å²) in [5, 5.41) is 0.0505. The lowest BCUT2D eigenvalue weighted by molar-refractivity contribution is -0.144. The van der Waals surface area contributed by atoms with Gasteiger partial charge in [0.15, 0.2) is 0 Å². The summed E-state index contributed by atoms with van der Waals surface area (Å²) in [6.07, 6.45) is 15.4. The average Bonchev–Trinajstić information content (AvgIpc) is 2.76. The molecular formula is C26H36ClFO2. The molecule has 0 amide bonds. The third-order valence-electron chi connectivity index (χ3n) is 8.36. The number of hydrogen-bond donors (Lipinski definition) is 0. The van der Waals surface area contributed by atoms with Crippen LogP contribution >= 0.6 is 11.6 Å². The van der Waals surface area contributed by atoms with Crippen LogP contribution in [0.3, 0.4) is 0 Å². The van der Waals surface area contributed by atoms with Crippen molar-refractivity contribution in [1.82, 2.24) is 0 Å². The summed E-state index contributed by atoms with van der Waals surface area (Å²) in [7, 11) is 0. The number of fused-ring (bicyclic) bond motifs is 1. The van der Waals surface area contributed by atoms with Gasteiger partial charge in [-0.25, -0.2) is 4.39 Å². The van der Waals surface area contributed by atoms with Gasteiger partial charge in [0.05, 0.1) is 10.9 Å². The molecule has 0 radical (unpaired) electrons. The first-order chi connectivity index (χ1) is 14.5. The summed E-state index contributed by atoms with van der Waals surface area (Å²) in [4.78, 5) is 12.9. The summed E-state index contributed by atoms with van der Waals surface area (Å²) in [5.41, 5.74) is 0. The SMILES string of the molecule is CCCC1CCC(C2CCC3C(CCCC3C(=O)Oc3ccc(Cl)c(F)c3)C2)CC1. The fourth-order valence-corrected chi connectivity index (χ4v) is 6.93. The van der Waals surface area contributed by atoms with E-state index in [1.807, 2.05) is 0 Å². The predicted octanol–water partition coefficient (Wildman–Crippen LogP) is 7.82. The molecule has 0 saturated heterocycles. The molecule has 3 aliphatic carbocycles. The number of carbonyl (C=O) groups excluding carboxylic acids is 1. The van der Waals surface area contributed by atoms with E-state index < -0.39 is 5.82 Å². The second-order valence-electron chi connectivity index (χ2n) is 10.1. The number of halogens is 2. The van der Waals surface area contributed by atoms with E-state index in [1.165, 1.54) is 69.9 Å². The molecule has 0 N–H and O–H groups in total. The molecule has 4 unspecified atom stereocenters. The normalized spacial score (nSPS) is 34.2. The molecule has 166 valence electrons. The highest BCUT2D eigenvalue weighted by atomic mass is 35.5. The van der Waals surface area contributed by atoms with Crippen LogP contribution in [0.25, 0.3) is 0 Å². The van der Waals surface area contributed by atoms with Gasteiger partial charge < -0.3 is 4.74 Å². The van der Waals surface area contributed by atoms with Crippen molar-refractivity contribution in [3.05, 3.63) is 29.0 Å². The Morgan fingerprint density at radius 1 is 1.03 bits per heavy atom. The van der Waals surface area contributed by atoms with E-state index in [4.69, 9.17) is 16.3 Å². The van der Waals surface area contributed by atoms with Crippen LogP contribution in [0.5, 0.6) is 5.75 Å². The zero-order chi connectivity index (χ0) is 21.1. The van der Waals surface area contributed by atoms with Gasteiger partial charge in [0.1, 0.15) is 11.6 Å². The van der Waals surface area contributed by atoms with Gasteiger partial charge in [0.2, 0.25) is 0 Å². The lowest BCUT2D eigenvalue weighted by Gasteiger charge is -2.46. The Morgan fingerprint density at radius 3 is 2.53 bits per heavy atom. The van der Waals surface area contributed by atoms with Crippen LogP contribution in [0, 0.1) is 41.3 Å². The zero-order valence-corrected chi connectivity index (χ0v) is 19.0. The standard InChI is InChI=1S/C26H36ClFO2/c1-2-4-17-7-9-18(10-8-17)19-11-13-22-20(15-19)5-3-6-23(22)26(29)30-21-12-14-24(27)25(28)16-21/h12,14,16-20,22-23H,2-11,13,15H2,1H3. The molecule has 3 fully saturated rings. The fourth-order valence-electron chi connectivity index (χ4n) is 6.81. The highest BCUT2D eigenvalue weighted by molar-refractivity contribution is 6.30. The van der Waals surface area contributed by atoms with Gasteiger partial charge >= 0.3 is 5.97 Å². The quantitative estimate of drug-likeness (QED) is 0.348. The lowest BCUT2D eigenvalue weighted by Crippen LogP contribution is -2.40. The van der Waals surface area contributed by atoms with Crippen LogP contribution in [-0.4, -0.2) is 5.97 Å². The Labute approximate surface area is 185 Å². The van der Waals surface area contributed by atoms with Crippen LogP contribution in [0.2, 0.25) is 5.02 Å². The van der Waals surface area contributed by atoms with Crippen molar-refractivity contribution in [2.24, 2.45) is 35.5 Å². The molecule has 0 heterocycles. The molecule has 0 aliphatic heterocycles. The third-order valence-corrected chi connectivity index (χ3v) is 8.66. The molecule has 1 aromatic rings. The van der Waals surface area contributed by atoms with E-state index >= 15 is 0 Å². The summed E-state index contributed by atoms with van der Waals surface area (Å²) in [6, 6.07) is 4.24. The van der Waals surface area contributed by atoms with Crippen molar-refractivity contribution >= 4 is 17.6 Å². The van der Waals surface area contributed by atoms with Crippen LogP contribution < -0.4 is 4.74 Å².